The summed E-state index contributed by atoms with van der Waals surface area (Å²) in [6.45, 7) is 3.89. The molecule has 7 nitrogen and oxygen atoms in total. The summed E-state index contributed by atoms with van der Waals surface area (Å²) in [4.78, 5) is 23.0. The van der Waals surface area contributed by atoms with Crippen molar-refractivity contribution in [3.63, 3.8) is 0 Å². The fourth-order valence-electron chi connectivity index (χ4n) is 2.97. The van der Waals surface area contributed by atoms with Crippen LogP contribution in [0.25, 0.3) is 5.78 Å². The van der Waals surface area contributed by atoms with Crippen LogP contribution in [-0.2, 0) is 11.2 Å². The van der Waals surface area contributed by atoms with Crippen molar-refractivity contribution in [2.24, 2.45) is 0 Å². The molecule has 0 fully saturated rings. The molecular weight excluding hydrogens is 352 g/mol. The Labute approximate surface area is 157 Å². The number of carbonyl (C=O) groups excluding carboxylic acids is 1. The van der Waals surface area contributed by atoms with E-state index >= 15 is 0 Å². The number of amides is 1. The van der Waals surface area contributed by atoms with Crippen molar-refractivity contribution in [2.75, 3.05) is 24.3 Å². The first-order valence-corrected chi connectivity index (χ1v) is 8.67. The van der Waals surface area contributed by atoms with E-state index in [4.69, 9.17) is 11.6 Å². The third-order valence-corrected chi connectivity index (χ3v) is 4.54. The molecule has 0 bridgehead atoms. The molecule has 0 aliphatic heterocycles. The lowest BCUT2D eigenvalue weighted by atomic mass is 10.1. The van der Waals surface area contributed by atoms with Crippen LogP contribution in [-0.4, -0.2) is 39.6 Å². The van der Waals surface area contributed by atoms with E-state index in [0.717, 1.165) is 22.6 Å². The average Bonchev–Trinajstić information content (AvgIpc) is 3.02. The Kier molecular flexibility index (Phi) is 5.08. The molecule has 0 aliphatic rings. The molecule has 0 unspecified atom stereocenters. The van der Waals surface area contributed by atoms with E-state index < -0.39 is 0 Å². The first kappa shape index (κ1) is 18.1. The molecule has 1 amide bonds. The Morgan fingerprint density at radius 3 is 2.81 bits per heavy atom. The molecule has 0 saturated heterocycles. The number of hydrogen-bond donors (Lipinski definition) is 1. The SMILES string of the molecule is Cc1nc2ncnn2c(C)c1CCC(=O)Nc1cc(Cl)ccc1N(C)C. The minimum atomic E-state index is -0.0761. The summed E-state index contributed by atoms with van der Waals surface area (Å²) in [5, 5.41) is 7.71. The van der Waals surface area contributed by atoms with Gasteiger partial charge >= 0.3 is 0 Å². The van der Waals surface area contributed by atoms with Crippen molar-refractivity contribution >= 4 is 34.7 Å². The van der Waals surface area contributed by atoms with Crippen LogP contribution in [0.15, 0.2) is 24.5 Å². The van der Waals surface area contributed by atoms with E-state index in [1.807, 2.05) is 38.9 Å². The molecule has 0 aliphatic carbocycles. The Morgan fingerprint density at radius 1 is 1.31 bits per heavy atom. The molecule has 136 valence electrons. The van der Waals surface area contributed by atoms with Gasteiger partial charge in [0.2, 0.25) is 5.91 Å². The highest BCUT2D eigenvalue weighted by Crippen LogP contribution is 2.28. The minimum Gasteiger partial charge on any atom is -0.376 e. The highest BCUT2D eigenvalue weighted by atomic mass is 35.5. The predicted molar refractivity (Wildman–Crippen MR) is 103 cm³/mol. The zero-order valence-electron chi connectivity index (χ0n) is 15.2. The molecule has 2 aromatic heterocycles. The molecule has 0 atom stereocenters. The quantitative estimate of drug-likeness (QED) is 0.745. The van der Waals surface area contributed by atoms with Crippen molar-refractivity contribution < 1.29 is 4.79 Å². The van der Waals surface area contributed by atoms with Gasteiger partial charge in [-0.2, -0.15) is 10.1 Å². The van der Waals surface area contributed by atoms with Gasteiger partial charge in [0.15, 0.2) is 0 Å². The molecule has 1 aromatic carbocycles. The minimum absolute atomic E-state index is 0.0761. The number of benzene rings is 1. The lowest BCUT2D eigenvalue weighted by molar-refractivity contribution is -0.116. The van der Waals surface area contributed by atoms with Crippen molar-refractivity contribution in [1.29, 1.82) is 0 Å². The van der Waals surface area contributed by atoms with Gasteiger partial charge in [0.25, 0.3) is 5.78 Å². The number of hydrogen-bond acceptors (Lipinski definition) is 5. The molecule has 3 aromatic rings. The molecule has 1 N–H and O–H groups in total. The Morgan fingerprint density at radius 2 is 2.08 bits per heavy atom. The molecule has 0 radical (unpaired) electrons. The first-order chi connectivity index (χ1) is 12.4. The summed E-state index contributed by atoms with van der Waals surface area (Å²) < 4.78 is 1.70. The normalized spacial score (nSPS) is 11.0. The summed E-state index contributed by atoms with van der Waals surface area (Å²) >= 11 is 6.07. The van der Waals surface area contributed by atoms with Gasteiger partial charge in [-0.05, 0) is 44.0 Å². The summed E-state index contributed by atoms with van der Waals surface area (Å²) in [6, 6.07) is 5.45. The fourth-order valence-corrected chi connectivity index (χ4v) is 3.14. The number of nitrogens with zero attached hydrogens (tertiary/aromatic N) is 5. The maximum absolute atomic E-state index is 12.5. The van der Waals surface area contributed by atoms with Gasteiger partial charge in [-0.25, -0.2) is 9.50 Å². The highest BCUT2D eigenvalue weighted by Gasteiger charge is 2.14. The molecular formula is C18H21ClN6O. The van der Waals surface area contributed by atoms with E-state index in [2.05, 4.69) is 20.4 Å². The van der Waals surface area contributed by atoms with Gasteiger partial charge in [0.05, 0.1) is 11.4 Å². The van der Waals surface area contributed by atoms with E-state index in [9.17, 15) is 4.79 Å². The third-order valence-electron chi connectivity index (χ3n) is 4.31. The van der Waals surface area contributed by atoms with Gasteiger partial charge in [-0.1, -0.05) is 11.6 Å². The second-order valence-corrected chi connectivity index (χ2v) is 6.77. The van der Waals surface area contributed by atoms with Gasteiger partial charge in [-0.3, -0.25) is 4.79 Å². The Hall–Kier alpha value is -2.67. The van der Waals surface area contributed by atoms with Crippen molar-refractivity contribution in [3.8, 4) is 0 Å². The van der Waals surface area contributed by atoms with E-state index in [1.54, 1.807) is 16.6 Å². The van der Waals surface area contributed by atoms with E-state index in [0.29, 0.717) is 29.3 Å². The zero-order valence-corrected chi connectivity index (χ0v) is 16.0. The number of carbonyl (C=O) groups is 1. The predicted octanol–water partition coefficient (Wildman–Crippen LogP) is 3.03. The number of fused-ring (bicyclic) bond motifs is 1. The summed E-state index contributed by atoms with van der Waals surface area (Å²) in [6.07, 6.45) is 2.39. The van der Waals surface area contributed by atoms with Gasteiger partial charge < -0.3 is 10.2 Å². The first-order valence-electron chi connectivity index (χ1n) is 8.29. The number of anilines is 2. The third kappa shape index (κ3) is 3.62. The van der Waals surface area contributed by atoms with Crippen LogP contribution in [0.2, 0.25) is 5.02 Å². The number of aryl methyl sites for hydroxylation is 2. The second kappa shape index (κ2) is 7.29. The van der Waals surface area contributed by atoms with Crippen LogP contribution in [0.5, 0.6) is 0 Å². The standard InChI is InChI=1S/C18H21ClN6O/c1-11-14(12(2)25-18(22-11)20-10-21-25)6-8-17(26)23-15-9-13(19)5-7-16(15)24(3)4/h5,7,9-10H,6,8H2,1-4H3,(H,23,26). The maximum Gasteiger partial charge on any atom is 0.252 e. The molecule has 3 rings (SSSR count). The Bertz CT molecular complexity index is 966. The molecule has 0 saturated carbocycles. The van der Waals surface area contributed by atoms with Crippen LogP contribution < -0.4 is 10.2 Å². The van der Waals surface area contributed by atoms with Crippen LogP contribution in [0.4, 0.5) is 11.4 Å². The monoisotopic (exact) mass is 372 g/mol. The van der Waals surface area contributed by atoms with E-state index in [-0.39, 0.29) is 5.91 Å². The van der Waals surface area contributed by atoms with Crippen LogP contribution in [0.1, 0.15) is 23.4 Å². The molecule has 2 heterocycles. The zero-order chi connectivity index (χ0) is 18.8. The van der Waals surface area contributed by atoms with Gasteiger partial charge in [0.1, 0.15) is 6.33 Å². The van der Waals surface area contributed by atoms with Crippen LogP contribution in [0, 0.1) is 13.8 Å². The van der Waals surface area contributed by atoms with Gasteiger partial charge in [-0.15, -0.1) is 0 Å². The van der Waals surface area contributed by atoms with Crippen molar-refractivity contribution in [3.05, 3.63) is 46.5 Å². The largest absolute Gasteiger partial charge is 0.376 e. The Balaban J connectivity index is 1.75. The summed E-state index contributed by atoms with van der Waals surface area (Å²) in [7, 11) is 3.84. The second-order valence-electron chi connectivity index (χ2n) is 6.34. The average molecular weight is 373 g/mol. The lowest BCUT2D eigenvalue weighted by Crippen LogP contribution is -2.17. The topological polar surface area (TPSA) is 75.4 Å². The number of halogens is 1. The highest BCUT2D eigenvalue weighted by molar-refractivity contribution is 6.31. The number of nitrogens with one attached hydrogen (secondary N) is 1. The maximum atomic E-state index is 12.5. The van der Waals surface area contributed by atoms with Gasteiger partial charge in [0, 0.05) is 36.9 Å². The number of rotatable bonds is 5. The van der Waals surface area contributed by atoms with Crippen molar-refractivity contribution in [1.82, 2.24) is 19.6 Å². The van der Waals surface area contributed by atoms with Crippen molar-refractivity contribution in [2.45, 2.75) is 26.7 Å². The van der Waals surface area contributed by atoms with E-state index in [1.165, 1.54) is 6.33 Å². The molecule has 8 heteroatoms. The fraction of sp³-hybridized carbons (Fsp3) is 0.333. The molecule has 0 spiro atoms. The lowest BCUT2D eigenvalue weighted by Gasteiger charge is -2.18. The summed E-state index contributed by atoms with van der Waals surface area (Å²) in [5.41, 5.74) is 4.44. The molecule has 26 heavy (non-hydrogen) atoms. The summed E-state index contributed by atoms with van der Waals surface area (Å²) in [5.74, 6) is 0.496. The smallest absolute Gasteiger partial charge is 0.252 e. The van der Waals surface area contributed by atoms with Crippen LogP contribution in [0.3, 0.4) is 0 Å². The number of aromatic nitrogens is 4. The van der Waals surface area contributed by atoms with Crippen LogP contribution >= 0.6 is 11.6 Å².